The molecule has 0 atom stereocenters. The van der Waals surface area contributed by atoms with E-state index in [1.54, 1.807) is 41.4 Å². The predicted octanol–water partition coefficient (Wildman–Crippen LogP) is 3.09. The maximum absolute atomic E-state index is 12.9. The Morgan fingerprint density at radius 1 is 1.21 bits per heavy atom. The minimum absolute atomic E-state index is 0.181. The van der Waals surface area contributed by atoms with E-state index in [-0.39, 0.29) is 5.76 Å². The van der Waals surface area contributed by atoms with Gasteiger partial charge in [0.2, 0.25) is 5.70 Å². The SMILES string of the molecule is [O-]/C(=C(\C(=S)NCc1ccco1)[n+]1ccccc1)c1ccc(Cl)s1. The monoisotopic (exact) mass is 376 g/mol. The van der Waals surface area contributed by atoms with Crippen LogP contribution in [-0.2, 0) is 6.54 Å². The number of nitrogens with zero attached hydrogens (tertiary/aromatic N) is 1. The summed E-state index contributed by atoms with van der Waals surface area (Å²) in [6.07, 6.45) is 5.15. The Morgan fingerprint density at radius 3 is 2.62 bits per heavy atom. The molecule has 0 bridgehead atoms. The quantitative estimate of drug-likeness (QED) is 0.322. The van der Waals surface area contributed by atoms with Gasteiger partial charge in [-0.3, -0.25) is 0 Å². The Morgan fingerprint density at radius 2 is 2.00 bits per heavy atom. The third kappa shape index (κ3) is 3.84. The third-order valence-corrected chi connectivity index (χ3v) is 4.77. The Balaban J connectivity index is 1.94. The van der Waals surface area contributed by atoms with Gasteiger partial charge < -0.3 is 14.8 Å². The number of thiophene rings is 1. The zero-order valence-electron chi connectivity index (χ0n) is 12.4. The number of nitrogens with one attached hydrogen (secondary N) is 1. The van der Waals surface area contributed by atoms with Gasteiger partial charge in [-0.1, -0.05) is 29.9 Å². The van der Waals surface area contributed by atoms with Crippen molar-refractivity contribution >= 4 is 51.6 Å². The molecule has 3 aromatic heterocycles. The van der Waals surface area contributed by atoms with Crippen molar-refractivity contribution in [1.29, 1.82) is 0 Å². The van der Waals surface area contributed by atoms with Gasteiger partial charge >= 0.3 is 0 Å². The molecule has 0 aliphatic heterocycles. The van der Waals surface area contributed by atoms with Crippen LogP contribution in [-0.4, -0.2) is 4.99 Å². The fourth-order valence-corrected chi connectivity index (χ4v) is 3.36. The molecule has 3 rings (SSSR count). The van der Waals surface area contributed by atoms with Gasteiger partial charge in [0.1, 0.15) is 5.76 Å². The second-order valence-electron chi connectivity index (χ2n) is 4.83. The lowest BCUT2D eigenvalue weighted by molar-refractivity contribution is -0.577. The van der Waals surface area contributed by atoms with Gasteiger partial charge in [-0.25, -0.2) is 0 Å². The minimum atomic E-state index is -0.181. The Kier molecular flexibility index (Phi) is 5.30. The smallest absolute Gasteiger partial charge is 0.238 e. The minimum Gasteiger partial charge on any atom is -0.867 e. The second kappa shape index (κ2) is 7.61. The maximum Gasteiger partial charge on any atom is 0.238 e. The van der Waals surface area contributed by atoms with Crippen LogP contribution < -0.4 is 15.0 Å². The van der Waals surface area contributed by atoms with E-state index in [0.29, 0.717) is 26.4 Å². The number of pyridine rings is 1. The number of hydrogen-bond donors (Lipinski definition) is 1. The summed E-state index contributed by atoms with van der Waals surface area (Å²) in [5.41, 5.74) is 0.371. The second-order valence-corrected chi connectivity index (χ2v) is 6.95. The number of furan rings is 1. The van der Waals surface area contributed by atoms with Gasteiger partial charge in [0.15, 0.2) is 17.4 Å². The van der Waals surface area contributed by atoms with E-state index in [1.165, 1.54) is 11.3 Å². The van der Waals surface area contributed by atoms with E-state index in [0.717, 1.165) is 5.76 Å². The van der Waals surface area contributed by atoms with E-state index in [1.807, 2.05) is 24.3 Å². The number of hydrogen-bond acceptors (Lipinski definition) is 4. The van der Waals surface area contributed by atoms with E-state index in [4.69, 9.17) is 28.2 Å². The van der Waals surface area contributed by atoms with Gasteiger partial charge in [0.05, 0.1) is 17.1 Å². The largest absolute Gasteiger partial charge is 0.867 e. The average Bonchev–Trinajstić information content (AvgIpc) is 3.25. The number of rotatable bonds is 5. The van der Waals surface area contributed by atoms with Gasteiger partial charge in [0, 0.05) is 17.0 Å². The number of halogens is 1. The molecule has 122 valence electrons. The first-order chi connectivity index (χ1) is 11.6. The van der Waals surface area contributed by atoms with Crippen LogP contribution >= 0.6 is 35.2 Å². The molecule has 0 saturated carbocycles. The highest BCUT2D eigenvalue weighted by Crippen LogP contribution is 2.27. The van der Waals surface area contributed by atoms with Crippen LogP contribution in [0.2, 0.25) is 4.34 Å². The molecule has 0 amide bonds. The lowest BCUT2D eigenvalue weighted by Gasteiger charge is -2.14. The fourth-order valence-electron chi connectivity index (χ4n) is 2.10. The average molecular weight is 377 g/mol. The van der Waals surface area contributed by atoms with Crippen molar-refractivity contribution in [2.75, 3.05) is 0 Å². The van der Waals surface area contributed by atoms with E-state index < -0.39 is 0 Å². The molecule has 3 heterocycles. The molecule has 0 aliphatic rings. The first-order valence-corrected chi connectivity index (χ1v) is 8.69. The van der Waals surface area contributed by atoms with Crippen LogP contribution in [0.3, 0.4) is 0 Å². The van der Waals surface area contributed by atoms with Crippen molar-refractivity contribution in [3.63, 3.8) is 0 Å². The highest BCUT2D eigenvalue weighted by Gasteiger charge is 2.19. The van der Waals surface area contributed by atoms with E-state index >= 15 is 0 Å². The van der Waals surface area contributed by atoms with Crippen molar-refractivity contribution in [3.8, 4) is 0 Å². The molecule has 1 N–H and O–H groups in total. The molecule has 24 heavy (non-hydrogen) atoms. The molecule has 4 nitrogen and oxygen atoms in total. The summed E-state index contributed by atoms with van der Waals surface area (Å²) in [6.45, 7) is 0.404. The molecule has 0 aliphatic carbocycles. The van der Waals surface area contributed by atoms with Crippen LogP contribution in [0.4, 0.5) is 0 Å². The van der Waals surface area contributed by atoms with Gasteiger partial charge in [-0.15, -0.1) is 11.3 Å². The highest BCUT2D eigenvalue weighted by molar-refractivity contribution is 7.81. The molecule has 0 radical (unpaired) electrons. The van der Waals surface area contributed by atoms with Crippen LogP contribution in [0.1, 0.15) is 10.6 Å². The summed E-state index contributed by atoms with van der Waals surface area (Å²) >= 11 is 12.6. The molecule has 3 aromatic rings. The van der Waals surface area contributed by atoms with Crippen molar-refractivity contribution < 1.29 is 14.1 Å². The fraction of sp³-hybridized carbons (Fsp3) is 0.0588. The summed E-state index contributed by atoms with van der Waals surface area (Å²) < 4.78 is 7.54. The van der Waals surface area contributed by atoms with Crippen LogP contribution in [0, 0.1) is 0 Å². The predicted molar refractivity (Wildman–Crippen MR) is 97.2 cm³/mol. The molecule has 0 spiro atoms. The number of aromatic nitrogens is 1. The van der Waals surface area contributed by atoms with Crippen molar-refractivity contribution in [2.45, 2.75) is 6.54 Å². The molecule has 0 saturated heterocycles. The molecule has 0 fully saturated rings. The summed E-state index contributed by atoms with van der Waals surface area (Å²) in [6, 6.07) is 12.6. The molecule has 0 unspecified atom stereocenters. The zero-order valence-corrected chi connectivity index (χ0v) is 14.8. The lowest BCUT2D eigenvalue weighted by atomic mass is 10.2. The third-order valence-electron chi connectivity index (χ3n) is 3.20. The van der Waals surface area contributed by atoms with Gasteiger partial charge in [-0.2, -0.15) is 4.57 Å². The van der Waals surface area contributed by atoms with Crippen LogP contribution in [0.15, 0.2) is 65.5 Å². The Hall–Kier alpha value is -2.15. The topological polar surface area (TPSA) is 52.1 Å². The van der Waals surface area contributed by atoms with Crippen molar-refractivity contribution in [2.24, 2.45) is 0 Å². The summed E-state index contributed by atoms with van der Waals surface area (Å²) in [4.78, 5) is 0.880. The van der Waals surface area contributed by atoms with Crippen molar-refractivity contribution in [3.05, 3.63) is 76.1 Å². The van der Waals surface area contributed by atoms with Gasteiger partial charge in [-0.05, 0) is 30.0 Å². The highest BCUT2D eigenvalue weighted by atomic mass is 35.5. The Labute approximate surface area is 153 Å². The first-order valence-electron chi connectivity index (χ1n) is 7.09. The standard InChI is InChI=1S/C17H13ClN2O2S2/c18-14-7-6-13(24-14)16(21)15(20-8-2-1-3-9-20)17(23)19-11-12-5-4-10-22-12/h1-10H,11H2,(H-,19,21,23). The van der Waals surface area contributed by atoms with Crippen LogP contribution in [0.25, 0.3) is 11.5 Å². The molecular formula is C17H13ClN2O2S2. The lowest BCUT2D eigenvalue weighted by Crippen LogP contribution is -2.41. The van der Waals surface area contributed by atoms with Gasteiger partial charge in [0.25, 0.3) is 0 Å². The number of thiocarbonyl (C=S) groups is 1. The molecular weight excluding hydrogens is 364 g/mol. The maximum atomic E-state index is 12.9. The molecule has 0 aromatic carbocycles. The summed E-state index contributed by atoms with van der Waals surface area (Å²) in [5.74, 6) is 0.557. The Bertz CT molecular complexity index is 858. The zero-order chi connectivity index (χ0) is 16.9. The van der Waals surface area contributed by atoms with Crippen LogP contribution in [0.5, 0.6) is 0 Å². The summed E-state index contributed by atoms with van der Waals surface area (Å²) in [7, 11) is 0. The summed E-state index contributed by atoms with van der Waals surface area (Å²) in [5, 5.41) is 16.0. The van der Waals surface area contributed by atoms with E-state index in [2.05, 4.69) is 5.32 Å². The van der Waals surface area contributed by atoms with E-state index in [9.17, 15) is 5.11 Å². The van der Waals surface area contributed by atoms with Crippen molar-refractivity contribution in [1.82, 2.24) is 5.32 Å². The normalized spacial score (nSPS) is 11.9. The molecule has 7 heteroatoms. The first kappa shape index (κ1) is 16.7.